The Morgan fingerprint density at radius 2 is 1.69 bits per heavy atom. The Morgan fingerprint density at radius 1 is 1.00 bits per heavy atom. The van der Waals surface area contributed by atoms with Gasteiger partial charge in [-0.05, 0) is 87.7 Å². The van der Waals surface area contributed by atoms with Crippen LogP contribution in [0.3, 0.4) is 0 Å². The number of nitrogens with one attached hydrogen (secondary N) is 1. The molecule has 0 radical (unpaired) electrons. The third-order valence-electron chi connectivity index (χ3n) is 5.78. The number of rotatable bonds is 11. The molecule has 0 saturated heterocycles. The molecular weight excluding hydrogens is 460 g/mol. The van der Waals surface area contributed by atoms with Crippen LogP contribution in [0.1, 0.15) is 42.1 Å². The van der Waals surface area contributed by atoms with Crippen molar-refractivity contribution in [2.45, 2.75) is 53.3 Å². The Hall–Kier alpha value is -3.78. The molecular formula is C28H34N2O6. The molecule has 8 heteroatoms. The van der Waals surface area contributed by atoms with Crippen molar-refractivity contribution < 1.29 is 28.6 Å². The number of methoxy groups -OCH3 is 1. The molecule has 2 aromatic carbocycles. The lowest BCUT2D eigenvalue weighted by Crippen LogP contribution is -2.37. The van der Waals surface area contributed by atoms with Crippen molar-refractivity contribution in [1.29, 1.82) is 0 Å². The average Bonchev–Trinajstić information content (AvgIpc) is 3.21. The van der Waals surface area contributed by atoms with Crippen molar-refractivity contribution >= 4 is 17.6 Å². The zero-order valence-corrected chi connectivity index (χ0v) is 21.7. The second-order valence-electron chi connectivity index (χ2n) is 9.40. The highest BCUT2D eigenvalue weighted by Crippen LogP contribution is 2.26. The number of furan rings is 1. The lowest BCUT2D eigenvalue weighted by Gasteiger charge is -2.23. The Bertz CT molecular complexity index is 1210. The highest BCUT2D eigenvalue weighted by Gasteiger charge is 2.29. The minimum atomic E-state index is -1.33. The Balaban J connectivity index is 1.73. The smallest absolute Gasteiger partial charge is 0.347 e. The highest BCUT2D eigenvalue weighted by atomic mass is 16.5. The fourth-order valence-electron chi connectivity index (χ4n) is 3.75. The largest absolute Gasteiger partial charge is 0.496 e. The SMILES string of the molecule is COc1cc(C)c(NC(=O)CN(Cc2ccc(OC(C)(C)C(=O)O)cc2)Cc2ccc(C)o2)cc1C. The molecule has 8 nitrogen and oxygen atoms in total. The van der Waals surface area contributed by atoms with Gasteiger partial charge in [0.1, 0.15) is 23.0 Å². The molecule has 1 heterocycles. The van der Waals surface area contributed by atoms with Crippen LogP contribution in [-0.2, 0) is 22.7 Å². The minimum Gasteiger partial charge on any atom is -0.496 e. The van der Waals surface area contributed by atoms with Crippen molar-refractivity contribution in [2.75, 3.05) is 19.0 Å². The van der Waals surface area contributed by atoms with Crippen LogP contribution < -0.4 is 14.8 Å². The van der Waals surface area contributed by atoms with Crippen LogP contribution in [-0.4, -0.2) is 41.1 Å². The van der Waals surface area contributed by atoms with Crippen molar-refractivity contribution in [1.82, 2.24) is 4.90 Å². The van der Waals surface area contributed by atoms with Crippen LogP contribution >= 0.6 is 0 Å². The maximum atomic E-state index is 13.0. The quantitative estimate of drug-likeness (QED) is 0.383. The first kappa shape index (κ1) is 26.8. The maximum absolute atomic E-state index is 13.0. The van der Waals surface area contributed by atoms with E-state index in [0.717, 1.165) is 39.6 Å². The van der Waals surface area contributed by atoms with Gasteiger partial charge in [0.2, 0.25) is 5.91 Å². The van der Waals surface area contributed by atoms with E-state index < -0.39 is 11.6 Å². The summed E-state index contributed by atoms with van der Waals surface area (Å²) in [6, 6.07) is 14.8. The summed E-state index contributed by atoms with van der Waals surface area (Å²) in [6.45, 7) is 9.83. The van der Waals surface area contributed by atoms with E-state index in [0.29, 0.717) is 18.8 Å². The number of anilines is 1. The van der Waals surface area contributed by atoms with Crippen molar-refractivity contribution in [2.24, 2.45) is 0 Å². The number of carboxylic acids is 1. The second kappa shape index (κ2) is 11.3. The van der Waals surface area contributed by atoms with Gasteiger partial charge in [-0.25, -0.2) is 4.79 Å². The zero-order valence-electron chi connectivity index (χ0n) is 21.7. The zero-order chi connectivity index (χ0) is 26.5. The summed E-state index contributed by atoms with van der Waals surface area (Å²) >= 11 is 0. The van der Waals surface area contributed by atoms with E-state index in [1.807, 2.05) is 62.1 Å². The number of hydrogen-bond acceptors (Lipinski definition) is 6. The van der Waals surface area contributed by atoms with E-state index in [4.69, 9.17) is 13.9 Å². The summed E-state index contributed by atoms with van der Waals surface area (Å²) in [5.41, 5.74) is 2.21. The summed E-state index contributed by atoms with van der Waals surface area (Å²) in [6.07, 6.45) is 0. The van der Waals surface area contributed by atoms with Gasteiger partial charge >= 0.3 is 5.97 Å². The van der Waals surface area contributed by atoms with E-state index in [1.54, 1.807) is 19.2 Å². The normalized spacial score (nSPS) is 11.4. The third-order valence-corrected chi connectivity index (χ3v) is 5.78. The fourth-order valence-corrected chi connectivity index (χ4v) is 3.75. The van der Waals surface area contributed by atoms with Gasteiger partial charge < -0.3 is 24.3 Å². The van der Waals surface area contributed by atoms with Gasteiger partial charge in [0.25, 0.3) is 0 Å². The fraction of sp³-hybridized carbons (Fsp3) is 0.357. The predicted octanol–water partition coefficient (Wildman–Crippen LogP) is 5.10. The lowest BCUT2D eigenvalue weighted by molar-refractivity contribution is -0.152. The number of hydrogen-bond donors (Lipinski definition) is 2. The molecule has 1 amide bonds. The molecule has 0 fully saturated rings. The maximum Gasteiger partial charge on any atom is 0.347 e. The monoisotopic (exact) mass is 494 g/mol. The molecule has 0 bridgehead atoms. The van der Waals surface area contributed by atoms with E-state index in [2.05, 4.69) is 5.32 Å². The van der Waals surface area contributed by atoms with E-state index in [1.165, 1.54) is 13.8 Å². The number of aryl methyl sites for hydroxylation is 3. The average molecular weight is 495 g/mol. The second-order valence-corrected chi connectivity index (χ2v) is 9.40. The summed E-state index contributed by atoms with van der Waals surface area (Å²) in [4.78, 5) is 26.3. The molecule has 0 unspecified atom stereocenters. The van der Waals surface area contributed by atoms with Crippen LogP contribution in [0.5, 0.6) is 11.5 Å². The molecule has 0 atom stereocenters. The van der Waals surface area contributed by atoms with Crippen LogP contribution in [0.25, 0.3) is 0 Å². The first-order chi connectivity index (χ1) is 17.0. The topological polar surface area (TPSA) is 101 Å². The Labute approximate surface area is 211 Å². The van der Waals surface area contributed by atoms with E-state index >= 15 is 0 Å². The highest BCUT2D eigenvalue weighted by molar-refractivity contribution is 5.93. The van der Waals surface area contributed by atoms with Gasteiger partial charge in [0, 0.05) is 12.2 Å². The number of aliphatic carboxylic acids is 1. The van der Waals surface area contributed by atoms with Crippen LogP contribution in [0.4, 0.5) is 5.69 Å². The van der Waals surface area contributed by atoms with Gasteiger partial charge in [-0.3, -0.25) is 9.69 Å². The first-order valence-electron chi connectivity index (χ1n) is 11.7. The molecule has 2 N–H and O–H groups in total. The van der Waals surface area contributed by atoms with Gasteiger partial charge in [-0.1, -0.05) is 12.1 Å². The van der Waals surface area contributed by atoms with Gasteiger partial charge in [0.05, 0.1) is 20.2 Å². The molecule has 0 aliphatic carbocycles. The molecule has 0 saturated carbocycles. The number of nitrogens with zero attached hydrogens (tertiary/aromatic N) is 1. The molecule has 0 aliphatic heterocycles. The van der Waals surface area contributed by atoms with Crippen LogP contribution in [0.15, 0.2) is 52.9 Å². The molecule has 0 spiro atoms. The molecule has 1 aromatic heterocycles. The molecule has 3 rings (SSSR count). The van der Waals surface area contributed by atoms with Crippen LogP contribution in [0, 0.1) is 20.8 Å². The third kappa shape index (κ3) is 7.11. The van der Waals surface area contributed by atoms with E-state index in [9.17, 15) is 14.7 Å². The summed E-state index contributed by atoms with van der Waals surface area (Å²) in [5.74, 6) is 1.62. The summed E-state index contributed by atoms with van der Waals surface area (Å²) in [7, 11) is 1.62. The minimum absolute atomic E-state index is 0.144. The lowest BCUT2D eigenvalue weighted by atomic mass is 10.1. The van der Waals surface area contributed by atoms with Crippen LogP contribution in [0.2, 0.25) is 0 Å². The Kier molecular flexibility index (Phi) is 8.42. The number of carboxylic acid groups (broad SMARTS) is 1. The predicted molar refractivity (Wildman–Crippen MR) is 137 cm³/mol. The molecule has 192 valence electrons. The summed E-state index contributed by atoms with van der Waals surface area (Å²) < 4.78 is 16.7. The van der Waals surface area contributed by atoms with Crippen molar-refractivity contribution in [3.8, 4) is 11.5 Å². The number of carbonyl (C=O) groups is 2. The van der Waals surface area contributed by atoms with Gasteiger partial charge in [0.15, 0.2) is 5.60 Å². The van der Waals surface area contributed by atoms with Crippen molar-refractivity contribution in [3.05, 3.63) is 76.7 Å². The summed E-state index contributed by atoms with van der Waals surface area (Å²) in [5, 5.41) is 12.3. The molecule has 3 aromatic rings. The van der Waals surface area contributed by atoms with Crippen molar-refractivity contribution in [3.63, 3.8) is 0 Å². The van der Waals surface area contributed by atoms with Gasteiger partial charge in [-0.2, -0.15) is 0 Å². The van der Waals surface area contributed by atoms with Gasteiger partial charge in [-0.15, -0.1) is 0 Å². The first-order valence-corrected chi connectivity index (χ1v) is 11.7. The number of ether oxygens (including phenoxy) is 2. The number of carbonyl (C=O) groups excluding carboxylic acids is 1. The molecule has 0 aliphatic rings. The number of amides is 1. The number of benzene rings is 2. The molecule has 36 heavy (non-hydrogen) atoms. The van der Waals surface area contributed by atoms with E-state index in [-0.39, 0.29) is 12.5 Å². The Morgan fingerprint density at radius 3 is 2.28 bits per heavy atom. The standard InChI is InChI=1S/C28H34N2O6/c1-18-14-25(34-6)19(2)13-24(18)29-26(31)17-30(16-23-10-7-20(3)35-23)15-21-8-11-22(12-9-21)36-28(4,5)27(32)33/h7-14H,15-17H2,1-6H3,(H,29,31)(H,32,33).